The van der Waals surface area contributed by atoms with E-state index in [1.54, 1.807) is 0 Å². The summed E-state index contributed by atoms with van der Waals surface area (Å²) in [6.07, 6.45) is 0. The lowest BCUT2D eigenvalue weighted by atomic mass is 11.9. The molecule has 0 aromatic heterocycles. The van der Waals surface area contributed by atoms with Gasteiger partial charge in [-0.3, -0.25) is 4.55 Å². The molecule has 50 valence electrons. The molecular weight excluding hydrogens is 156 g/mol. The highest BCUT2D eigenvalue weighted by Crippen LogP contribution is 1.82. The average molecular weight is 160 g/mol. The van der Waals surface area contributed by atoms with Crippen LogP contribution in [0.25, 0.3) is 0 Å². The van der Waals surface area contributed by atoms with Gasteiger partial charge in [0.15, 0.2) is 16.2 Å². The van der Waals surface area contributed by atoms with Gasteiger partial charge in [-0.2, -0.15) is 8.42 Å². The normalized spacial score (nSPS) is 15.8. The van der Waals surface area contributed by atoms with Gasteiger partial charge in [0, 0.05) is 0 Å². The van der Waals surface area contributed by atoms with E-state index in [4.69, 9.17) is 9.11 Å². The molecule has 1 atom stereocenters. The maximum atomic E-state index is 9.64. The minimum absolute atomic E-state index is 1.12. The Labute approximate surface area is 48.7 Å². The first kappa shape index (κ1) is 8.02. The molecule has 0 amide bonds. The molecular formula is CH4O5S2. The summed E-state index contributed by atoms with van der Waals surface area (Å²) in [7, 11) is -4.27. The van der Waals surface area contributed by atoms with Crippen LogP contribution in [0, 0.1) is 0 Å². The van der Waals surface area contributed by atoms with Crippen LogP contribution < -0.4 is 0 Å². The third-order valence-corrected chi connectivity index (χ3v) is 2.25. The highest BCUT2D eigenvalue weighted by Gasteiger charge is 2.07. The lowest BCUT2D eigenvalue weighted by molar-refractivity contribution is 0.486. The van der Waals surface area contributed by atoms with E-state index in [-0.39, 0.29) is 0 Å². The number of hydrogen-bond donors (Lipinski definition) is 2. The standard InChI is InChI=1S/CH4O5S2/c2-7(3)1-8(4,5)6/h1H2,(H,2,3)(H,4,5,6). The summed E-state index contributed by atoms with van der Waals surface area (Å²) in [5, 5.41) is -1.12. The third-order valence-electron chi connectivity index (χ3n) is 0.250. The molecule has 0 aliphatic carbocycles. The van der Waals surface area contributed by atoms with Crippen LogP contribution in [0.4, 0.5) is 0 Å². The molecule has 0 saturated heterocycles. The molecule has 1 unspecified atom stereocenters. The molecule has 8 heavy (non-hydrogen) atoms. The van der Waals surface area contributed by atoms with Crippen LogP contribution in [0.15, 0.2) is 0 Å². The maximum Gasteiger partial charge on any atom is 0.279 e. The van der Waals surface area contributed by atoms with Crippen molar-refractivity contribution < 1.29 is 21.7 Å². The van der Waals surface area contributed by atoms with Crippen molar-refractivity contribution >= 4 is 21.2 Å². The second kappa shape index (κ2) is 2.53. The van der Waals surface area contributed by atoms with Gasteiger partial charge in [0.2, 0.25) is 0 Å². The van der Waals surface area contributed by atoms with Crippen LogP contribution in [-0.4, -0.2) is 26.8 Å². The minimum atomic E-state index is -4.27. The Kier molecular flexibility index (Phi) is 2.54. The van der Waals surface area contributed by atoms with Crippen LogP contribution in [0.2, 0.25) is 0 Å². The Morgan fingerprint density at radius 1 is 1.50 bits per heavy atom. The topological polar surface area (TPSA) is 91.7 Å². The smallest absolute Gasteiger partial charge is 0.279 e. The van der Waals surface area contributed by atoms with Crippen LogP contribution in [0.3, 0.4) is 0 Å². The van der Waals surface area contributed by atoms with Crippen molar-refractivity contribution in [3.8, 4) is 0 Å². The Balaban J connectivity index is 3.95. The van der Waals surface area contributed by atoms with E-state index in [0.29, 0.717) is 0 Å². The first-order chi connectivity index (χ1) is 3.42. The molecule has 0 spiro atoms. The van der Waals surface area contributed by atoms with Gasteiger partial charge in [-0.15, -0.1) is 0 Å². The highest BCUT2D eigenvalue weighted by molar-refractivity contribution is 7.99. The lowest BCUT2D eigenvalue weighted by Crippen LogP contribution is -2.08. The van der Waals surface area contributed by atoms with E-state index >= 15 is 0 Å². The van der Waals surface area contributed by atoms with Crippen LogP contribution in [0.1, 0.15) is 0 Å². The summed E-state index contributed by atoms with van der Waals surface area (Å²) in [4.78, 5) is 0. The Hall–Kier alpha value is 0.0200. The maximum absolute atomic E-state index is 9.64. The first-order valence-corrected chi connectivity index (χ1v) is 4.33. The van der Waals surface area contributed by atoms with Gasteiger partial charge >= 0.3 is 0 Å². The Bertz CT molecular complexity index is 177. The Morgan fingerprint density at radius 3 is 1.88 bits per heavy atom. The minimum Gasteiger partial charge on any atom is -0.305 e. The quantitative estimate of drug-likeness (QED) is 0.401. The van der Waals surface area contributed by atoms with Crippen molar-refractivity contribution in [3.05, 3.63) is 0 Å². The monoisotopic (exact) mass is 160 g/mol. The predicted molar refractivity (Wildman–Crippen MR) is 27.2 cm³/mol. The van der Waals surface area contributed by atoms with Gasteiger partial charge < -0.3 is 4.55 Å². The molecule has 0 aliphatic heterocycles. The second-order valence-electron chi connectivity index (χ2n) is 1.02. The summed E-state index contributed by atoms with van der Waals surface area (Å²) in [6, 6.07) is 0. The van der Waals surface area contributed by atoms with Crippen molar-refractivity contribution in [3.63, 3.8) is 0 Å². The van der Waals surface area contributed by atoms with Crippen molar-refractivity contribution in [1.82, 2.24) is 0 Å². The zero-order valence-corrected chi connectivity index (χ0v) is 5.28. The van der Waals surface area contributed by atoms with Gasteiger partial charge in [-0.25, -0.2) is 4.21 Å². The zero-order valence-electron chi connectivity index (χ0n) is 3.64. The van der Waals surface area contributed by atoms with Crippen LogP contribution >= 0.6 is 0 Å². The highest BCUT2D eigenvalue weighted by atomic mass is 32.3. The van der Waals surface area contributed by atoms with Crippen LogP contribution in [-0.2, 0) is 21.2 Å². The molecule has 0 aromatic rings. The van der Waals surface area contributed by atoms with Gasteiger partial charge in [-0.1, -0.05) is 0 Å². The summed E-state index contributed by atoms with van der Waals surface area (Å²) < 4.78 is 44.5. The van der Waals surface area contributed by atoms with Crippen molar-refractivity contribution in [2.75, 3.05) is 5.08 Å². The zero-order chi connectivity index (χ0) is 6.78. The summed E-state index contributed by atoms with van der Waals surface area (Å²) in [6.45, 7) is 0. The molecule has 2 N–H and O–H groups in total. The van der Waals surface area contributed by atoms with E-state index in [1.807, 2.05) is 0 Å². The van der Waals surface area contributed by atoms with Crippen LogP contribution in [0.5, 0.6) is 0 Å². The molecule has 0 fully saturated rings. The summed E-state index contributed by atoms with van der Waals surface area (Å²) in [5.41, 5.74) is 0. The molecule has 0 radical (unpaired) electrons. The average Bonchev–Trinajstić information content (AvgIpc) is 1.21. The van der Waals surface area contributed by atoms with Gasteiger partial charge in [0.25, 0.3) is 10.1 Å². The summed E-state index contributed by atoms with van der Waals surface area (Å²) in [5.74, 6) is 0. The van der Waals surface area contributed by atoms with Crippen molar-refractivity contribution in [2.24, 2.45) is 0 Å². The molecule has 0 bridgehead atoms. The molecule has 5 nitrogen and oxygen atoms in total. The van der Waals surface area contributed by atoms with E-state index in [1.165, 1.54) is 0 Å². The number of hydrogen-bond acceptors (Lipinski definition) is 3. The molecule has 0 rings (SSSR count). The fourth-order valence-corrected chi connectivity index (χ4v) is 1.15. The predicted octanol–water partition coefficient (Wildman–Crippen LogP) is -0.947. The number of rotatable bonds is 2. The third kappa shape index (κ3) is 6.02. The van der Waals surface area contributed by atoms with Crippen molar-refractivity contribution in [1.29, 1.82) is 0 Å². The van der Waals surface area contributed by atoms with E-state index in [2.05, 4.69) is 0 Å². The molecule has 0 aliphatic rings. The lowest BCUT2D eigenvalue weighted by Gasteiger charge is -1.86. The fourth-order valence-electron chi connectivity index (χ4n) is 0.127. The first-order valence-electron chi connectivity index (χ1n) is 1.44. The van der Waals surface area contributed by atoms with E-state index in [9.17, 15) is 12.6 Å². The molecule has 0 aromatic carbocycles. The molecule has 7 heteroatoms. The van der Waals surface area contributed by atoms with Gasteiger partial charge in [0.1, 0.15) is 0 Å². The van der Waals surface area contributed by atoms with E-state index in [0.717, 1.165) is 0 Å². The van der Waals surface area contributed by atoms with Gasteiger partial charge in [-0.05, 0) is 0 Å². The largest absolute Gasteiger partial charge is 0.305 e. The van der Waals surface area contributed by atoms with E-state index < -0.39 is 26.3 Å². The van der Waals surface area contributed by atoms with Crippen molar-refractivity contribution in [2.45, 2.75) is 0 Å². The summed E-state index contributed by atoms with van der Waals surface area (Å²) >= 11 is -2.47. The fraction of sp³-hybridized carbons (Fsp3) is 1.00. The second-order valence-corrected chi connectivity index (χ2v) is 3.77. The molecule has 0 saturated carbocycles. The Morgan fingerprint density at radius 2 is 1.88 bits per heavy atom. The molecule has 0 heterocycles. The van der Waals surface area contributed by atoms with Gasteiger partial charge in [0.05, 0.1) is 0 Å². The SMILES string of the molecule is O=S(O)CS(=O)(=O)O.